The molecule has 2 aliphatic carbocycles. The number of benzene rings is 9. The molecule has 0 bridgehead atoms. The second-order valence-electron chi connectivity index (χ2n) is 15.5. The van der Waals surface area contributed by atoms with E-state index in [-0.39, 0.29) is 0 Å². The molecule has 0 unspecified atom stereocenters. The molecule has 9 aromatic rings. The van der Waals surface area contributed by atoms with Gasteiger partial charge >= 0.3 is 0 Å². The number of anilines is 3. The normalized spacial score (nSPS) is 14.3. The first-order valence-electron chi connectivity index (χ1n) is 20.1. The Morgan fingerprint density at radius 2 is 0.707 bits per heavy atom. The highest BCUT2D eigenvalue weighted by molar-refractivity contribution is 5.93. The SMILES string of the molecule is c1ccc(N(c2ccc3c(c2)-c2ccccc2C3(c2ccccc2)c2ccccc2)c2ccc3c(c2)C2(c4ccccc4Oc4ccccc42)c2ccccc2-3)cc1. The summed E-state index contributed by atoms with van der Waals surface area (Å²) in [5, 5.41) is 0. The van der Waals surface area contributed by atoms with Gasteiger partial charge in [0.1, 0.15) is 11.5 Å². The molecule has 2 heteroatoms. The Labute approximate surface area is 338 Å². The second kappa shape index (κ2) is 12.5. The molecular weight excluding hydrogens is 703 g/mol. The summed E-state index contributed by atoms with van der Waals surface area (Å²) in [7, 11) is 0. The fraction of sp³-hybridized carbons (Fsp3) is 0.0357. The third-order valence-corrected chi connectivity index (χ3v) is 12.8. The predicted octanol–water partition coefficient (Wildman–Crippen LogP) is 14.0. The summed E-state index contributed by atoms with van der Waals surface area (Å²) in [6, 6.07) is 82.2. The van der Waals surface area contributed by atoms with E-state index >= 15 is 0 Å². The lowest BCUT2D eigenvalue weighted by molar-refractivity contribution is 0.436. The Balaban J connectivity index is 1.11. The molecule has 12 rings (SSSR count). The van der Waals surface area contributed by atoms with Crippen LogP contribution in [0, 0.1) is 0 Å². The van der Waals surface area contributed by atoms with Crippen molar-refractivity contribution >= 4 is 17.1 Å². The van der Waals surface area contributed by atoms with Crippen LogP contribution in [-0.2, 0) is 10.8 Å². The summed E-state index contributed by atoms with van der Waals surface area (Å²) in [5.74, 6) is 1.79. The highest BCUT2D eigenvalue weighted by Gasteiger charge is 2.51. The molecular formula is C56H37NO. The molecule has 3 aliphatic rings. The van der Waals surface area contributed by atoms with Gasteiger partial charge in [-0.05, 0) is 104 Å². The van der Waals surface area contributed by atoms with Crippen LogP contribution in [0.2, 0.25) is 0 Å². The van der Waals surface area contributed by atoms with Crippen molar-refractivity contribution in [3.63, 3.8) is 0 Å². The lowest BCUT2D eigenvalue weighted by Gasteiger charge is -2.39. The average molecular weight is 740 g/mol. The lowest BCUT2D eigenvalue weighted by atomic mass is 9.66. The van der Waals surface area contributed by atoms with Crippen LogP contribution in [-0.4, -0.2) is 0 Å². The summed E-state index contributed by atoms with van der Waals surface area (Å²) >= 11 is 0. The molecule has 58 heavy (non-hydrogen) atoms. The Kier molecular flexibility index (Phi) is 7.09. The summed E-state index contributed by atoms with van der Waals surface area (Å²) in [6.45, 7) is 0. The van der Waals surface area contributed by atoms with Gasteiger partial charge in [0.2, 0.25) is 0 Å². The average Bonchev–Trinajstić information content (AvgIpc) is 3.75. The fourth-order valence-electron chi connectivity index (χ4n) is 10.6. The van der Waals surface area contributed by atoms with Crippen LogP contribution < -0.4 is 9.64 Å². The van der Waals surface area contributed by atoms with Crippen LogP contribution in [0.1, 0.15) is 44.5 Å². The third-order valence-electron chi connectivity index (χ3n) is 12.8. The van der Waals surface area contributed by atoms with E-state index in [1.165, 1.54) is 55.6 Å². The van der Waals surface area contributed by atoms with Crippen molar-refractivity contribution in [2.45, 2.75) is 10.8 Å². The van der Waals surface area contributed by atoms with Crippen molar-refractivity contribution in [1.82, 2.24) is 0 Å². The Hall–Kier alpha value is -7.42. The molecule has 0 radical (unpaired) electrons. The van der Waals surface area contributed by atoms with Gasteiger partial charge in [0, 0.05) is 28.2 Å². The van der Waals surface area contributed by atoms with Crippen LogP contribution >= 0.6 is 0 Å². The summed E-state index contributed by atoms with van der Waals surface area (Å²) in [5.41, 5.74) is 17.3. The highest BCUT2D eigenvalue weighted by Crippen LogP contribution is 2.63. The van der Waals surface area contributed by atoms with E-state index in [2.05, 4.69) is 229 Å². The molecule has 0 aromatic heterocycles. The predicted molar refractivity (Wildman–Crippen MR) is 236 cm³/mol. The van der Waals surface area contributed by atoms with E-state index in [1.807, 2.05) is 0 Å². The molecule has 1 spiro atoms. The van der Waals surface area contributed by atoms with Crippen molar-refractivity contribution in [2.75, 3.05) is 4.90 Å². The maximum Gasteiger partial charge on any atom is 0.132 e. The zero-order chi connectivity index (χ0) is 38.3. The fourth-order valence-corrected chi connectivity index (χ4v) is 10.6. The van der Waals surface area contributed by atoms with Crippen molar-refractivity contribution in [3.05, 3.63) is 269 Å². The summed E-state index contributed by atoms with van der Waals surface area (Å²) < 4.78 is 6.65. The second-order valence-corrected chi connectivity index (χ2v) is 15.5. The van der Waals surface area contributed by atoms with Crippen molar-refractivity contribution < 1.29 is 4.74 Å². The molecule has 0 saturated carbocycles. The van der Waals surface area contributed by atoms with Gasteiger partial charge in [-0.25, -0.2) is 0 Å². The monoisotopic (exact) mass is 739 g/mol. The minimum absolute atomic E-state index is 0.458. The minimum Gasteiger partial charge on any atom is -0.457 e. The largest absolute Gasteiger partial charge is 0.457 e. The topological polar surface area (TPSA) is 12.5 Å². The van der Waals surface area contributed by atoms with Gasteiger partial charge in [-0.2, -0.15) is 0 Å². The first-order valence-corrected chi connectivity index (χ1v) is 20.1. The van der Waals surface area contributed by atoms with Gasteiger partial charge in [-0.3, -0.25) is 0 Å². The van der Waals surface area contributed by atoms with Crippen LogP contribution in [0.25, 0.3) is 22.3 Å². The smallest absolute Gasteiger partial charge is 0.132 e. The van der Waals surface area contributed by atoms with Crippen molar-refractivity contribution in [2.24, 2.45) is 0 Å². The van der Waals surface area contributed by atoms with E-state index < -0.39 is 10.8 Å². The maximum atomic E-state index is 6.65. The summed E-state index contributed by atoms with van der Waals surface area (Å²) in [4.78, 5) is 2.43. The van der Waals surface area contributed by atoms with Gasteiger partial charge in [0.05, 0.1) is 10.8 Å². The molecule has 0 fully saturated rings. The number of hydrogen-bond acceptors (Lipinski definition) is 2. The van der Waals surface area contributed by atoms with Gasteiger partial charge in [-0.1, -0.05) is 176 Å². The number of rotatable bonds is 5. The maximum absolute atomic E-state index is 6.65. The lowest BCUT2D eigenvalue weighted by Crippen LogP contribution is -2.32. The number of fused-ring (bicyclic) bond motifs is 12. The van der Waals surface area contributed by atoms with Crippen LogP contribution in [0.4, 0.5) is 17.1 Å². The molecule has 9 aromatic carbocycles. The zero-order valence-electron chi connectivity index (χ0n) is 31.7. The summed E-state index contributed by atoms with van der Waals surface area (Å²) in [6.07, 6.45) is 0. The van der Waals surface area contributed by atoms with Gasteiger partial charge in [0.25, 0.3) is 0 Å². The highest BCUT2D eigenvalue weighted by atomic mass is 16.5. The Bertz CT molecular complexity index is 2960. The number of ether oxygens (including phenoxy) is 1. The Morgan fingerprint density at radius 3 is 1.33 bits per heavy atom. The third kappa shape index (κ3) is 4.37. The van der Waals surface area contributed by atoms with Gasteiger partial charge in [0.15, 0.2) is 0 Å². The molecule has 1 heterocycles. The van der Waals surface area contributed by atoms with Crippen molar-refractivity contribution in [3.8, 4) is 33.8 Å². The van der Waals surface area contributed by atoms with E-state index in [9.17, 15) is 0 Å². The van der Waals surface area contributed by atoms with E-state index in [4.69, 9.17) is 4.74 Å². The van der Waals surface area contributed by atoms with Gasteiger partial charge in [-0.15, -0.1) is 0 Å². The molecule has 0 amide bonds. The molecule has 0 saturated heterocycles. The first-order chi connectivity index (χ1) is 28.8. The van der Waals surface area contributed by atoms with Crippen LogP contribution in [0.15, 0.2) is 224 Å². The van der Waals surface area contributed by atoms with Crippen LogP contribution in [0.5, 0.6) is 11.5 Å². The molecule has 1 aliphatic heterocycles. The molecule has 272 valence electrons. The number of nitrogens with zero attached hydrogens (tertiary/aromatic N) is 1. The van der Waals surface area contributed by atoms with E-state index in [0.29, 0.717) is 0 Å². The molecule has 2 nitrogen and oxygen atoms in total. The molecule has 0 N–H and O–H groups in total. The Morgan fingerprint density at radius 1 is 0.276 bits per heavy atom. The first kappa shape index (κ1) is 32.8. The zero-order valence-corrected chi connectivity index (χ0v) is 31.7. The number of para-hydroxylation sites is 3. The molecule has 0 atom stereocenters. The van der Waals surface area contributed by atoms with E-state index in [0.717, 1.165) is 39.7 Å². The quantitative estimate of drug-likeness (QED) is 0.174. The standard InChI is InChI=1S/C56H37NO/c1-4-18-38(19-5-1)55(39-20-6-2-7-21-39)47-26-12-11-25-44(47)46-36-41(33-35-49(46)55)57(40-22-8-3-9-23-40)42-32-34-45-43-24-10-13-27-48(43)56(52(45)37-42)50-28-14-16-30-53(50)58-54-31-17-15-29-51(54)56/h1-37H. The van der Waals surface area contributed by atoms with Crippen molar-refractivity contribution in [1.29, 1.82) is 0 Å². The number of hydrogen-bond donors (Lipinski definition) is 0. The van der Waals surface area contributed by atoms with Gasteiger partial charge < -0.3 is 9.64 Å². The minimum atomic E-state index is -0.558. The van der Waals surface area contributed by atoms with E-state index in [1.54, 1.807) is 0 Å². The van der Waals surface area contributed by atoms with Crippen LogP contribution in [0.3, 0.4) is 0 Å².